The van der Waals surface area contributed by atoms with Crippen molar-refractivity contribution in [2.24, 2.45) is 0 Å². The third kappa shape index (κ3) is 2.76. The van der Waals surface area contributed by atoms with E-state index in [1.54, 1.807) is 18.3 Å². The number of rotatable bonds is 4. The number of benzene rings is 1. The highest BCUT2D eigenvalue weighted by molar-refractivity contribution is 6.35. The Balaban J connectivity index is 2.30. The minimum absolute atomic E-state index is 0.0722. The summed E-state index contributed by atoms with van der Waals surface area (Å²) in [6, 6.07) is 5.30. The van der Waals surface area contributed by atoms with Crippen LogP contribution >= 0.6 is 23.2 Å². The molecule has 0 spiro atoms. The molecule has 1 aliphatic rings. The smallest absolute Gasteiger partial charge is 0.354 e. The molecular formula is C18H16Cl2N2O2. The second-order valence-corrected chi connectivity index (χ2v) is 6.58. The molecule has 2 N–H and O–H groups in total. The second kappa shape index (κ2) is 6.46. The van der Waals surface area contributed by atoms with Crippen molar-refractivity contribution in [2.75, 3.05) is 0 Å². The van der Waals surface area contributed by atoms with Crippen molar-refractivity contribution in [3.8, 4) is 0 Å². The van der Waals surface area contributed by atoms with Gasteiger partial charge in [-0.2, -0.15) is 5.10 Å². The first-order chi connectivity index (χ1) is 11.5. The molecule has 2 aromatic rings. The van der Waals surface area contributed by atoms with Gasteiger partial charge in [-0.3, -0.25) is 5.10 Å². The molecule has 1 heterocycles. The fraction of sp³-hybridized carbons (Fsp3) is 0.222. The summed E-state index contributed by atoms with van der Waals surface area (Å²) in [6.45, 7) is 2.06. The zero-order chi connectivity index (χ0) is 17.3. The minimum Gasteiger partial charge on any atom is -0.477 e. The van der Waals surface area contributed by atoms with Gasteiger partial charge in [0, 0.05) is 21.0 Å². The number of nitrogens with zero attached hydrogens (tertiary/aromatic N) is 1. The number of nitrogens with one attached hydrogen (secondary N) is 1. The Labute approximate surface area is 149 Å². The van der Waals surface area contributed by atoms with Crippen molar-refractivity contribution >= 4 is 29.2 Å². The molecular weight excluding hydrogens is 347 g/mol. The highest BCUT2D eigenvalue weighted by Crippen LogP contribution is 2.45. The van der Waals surface area contributed by atoms with Crippen LogP contribution in [0.4, 0.5) is 0 Å². The van der Waals surface area contributed by atoms with Gasteiger partial charge in [0.1, 0.15) is 5.69 Å². The molecule has 1 aromatic heterocycles. The van der Waals surface area contributed by atoms with Crippen molar-refractivity contribution in [1.82, 2.24) is 10.2 Å². The zero-order valence-electron chi connectivity index (χ0n) is 13.0. The van der Waals surface area contributed by atoms with Crippen LogP contribution in [0.5, 0.6) is 0 Å². The van der Waals surface area contributed by atoms with Crippen molar-refractivity contribution in [3.05, 3.63) is 75.1 Å². The summed E-state index contributed by atoms with van der Waals surface area (Å²) in [5, 5.41) is 17.1. The van der Waals surface area contributed by atoms with E-state index in [0.29, 0.717) is 22.0 Å². The van der Waals surface area contributed by atoms with E-state index < -0.39 is 11.4 Å². The largest absolute Gasteiger partial charge is 0.477 e. The fourth-order valence-electron chi connectivity index (χ4n) is 3.20. The summed E-state index contributed by atoms with van der Waals surface area (Å²) < 4.78 is 0. The van der Waals surface area contributed by atoms with Crippen LogP contribution in [0.1, 0.15) is 41.4 Å². The number of halogens is 2. The first kappa shape index (κ1) is 16.8. The lowest BCUT2D eigenvalue weighted by Gasteiger charge is -2.34. The molecule has 0 bridgehead atoms. The van der Waals surface area contributed by atoms with E-state index in [-0.39, 0.29) is 5.69 Å². The third-order valence-electron chi connectivity index (χ3n) is 4.36. The summed E-state index contributed by atoms with van der Waals surface area (Å²) in [5.41, 5.74) is 1.90. The summed E-state index contributed by atoms with van der Waals surface area (Å²) in [6.07, 6.45) is 9.18. The first-order valence-electron chi connectivity index (χ1n) is 7.59. The van der Waals surface area contributed by atoms with E-state index >= 15 is 0 Å². The molecule has 0 radical (unpaired) electrons. The van der Waals surface area contributed by atoms with E-state index in [0.717, 1.165) is 17.6 Å². The average Bonchev–Trinajstić information content (AvgIpc) is 3.05. The Bertz CT molecular complexity index is 854. The quantitative estimate of drug-likeness (QED) is 0.804. The van der Waals surface area contributed by atoms with Gasteiger partial charge < -0.3 is 5.11 Å². The molecule has 1 aliphatic carbocycles. The molecule has 1 unspecified atom stereocenters. The number of allylic oxidation sites excluding steroid dienone is 4. The Morgan fingerprint density at radius 1 is 1.38 bits per heavy atom. The fourth-order valence-corrected chi connectivity index (χ4v) is 3.78. The number of carboxylic acids is 1. The second-order valence-electron chi connectivity index (χ2n) is 5.74. The van der Waals surface area contributed by atoms with E-state index in [4.69, 9.17) is 23.2 Å². The molecule has 0 saturated carbocycles. The van der Waals surface area contributed by atoms with Gasteiger partial charge in [-0.15, -0.1) is 0 Å². The van der Waals surface area contributed by atoms with E-state index in [2.05, 4.69) is 29.3 Å². The highest BCUT2D eigenvalue weighted by atomic mass is 35.5. The SMILES string of the molecule is CCC1=CC(c2ccc(Cl)cc2Cl)(c2cn[nH]c2C(=O)O)CC=C1. The standard InChI is InChI=1S/C18H16Cl2N2O2/c1-2-11-4-3-7-18(9-11,13-6-5-12(19)8-15(13)20)14-10-21-22-16(14)17(23)24/h3-6,8-10H,2,7H2,1H3,(H,21,22)(H,23,24). The maximum atomic E-state index is 11.6. The van der Waals surface area contributed by atoms with Gasteiger partial charge in [0.2, 0.25) is 0 Å². The van der Waals surface area contributed by atoms with Crippen molar-refractivity contribution in [2.45, 2.75) is 25.2 Å². The minimum atomic E-state index is -1.05. The normalized spacial score (nSPS) is 20.0. The topological polar surface area (TPSA) is 66.0 Å². The third-order valence-corrected chi connectivity index (χ3v) is 4.91. The molecule has 0 saturated heterocycles. The molecule has 1 atom stereocenters. The molecule has 4 nitrogen and oxygen atoms in total. The number of hydrogen-bond acceptors (Lipinski definition) is 2. The number of aromatic nitrogens is 2. The molecule has 3 rings (SSSR count). The van der Waals surface area contributed by atoms with Crippen LogP contribution in [0.15, 0.2) is 48.2 Å². The zero-order valence-corrected chi connectivity index (χ0v) is 14.5. The van der Waals surface area contributed by atoms with Gasteiger partial charge in [-0.1, -0.05) is 60.0 Å². The molecule has 0 amide bonds. The lowest BCUT2D eigenvalue weighted by molar-refractivity contribution is 0.0688. The monoisotopic (exact) mass is 362 g/mol. The number of carbonyl (C=O) groups is 1. The Kier molecular flexibility index (Phi) is 4.52. The summed E-state index contributed by atoms with van der Waals surface area (Å²) in [4.78, 5) is 11.6. The first-order valence-corrected chi connectivity index (χ1v) is 8.34. The lowest BCUT2D eigenvalue weighted by atomic mass is 9.69. The van der Waals surface area contributed by atoms with Crippen LogP contribution in [0.25, 0.3) is 0 Å². The van der Waals surface area contributed by atoms with E-state index in [1.807, 2.05) is 12.1 Å². The van der Waals surface area contributed by atoms with Crippen LogP contribution < -0.4 is 0 Å². The molecule has 6 heteroatoms. The van der Waals surface area contributed by atoms with Gasteiger partial charge >= 0.3 is 5.97 Å². The van der Waals surface area contributed by atoms with Crippen LogP contribution in [0, 0.1) is 0 Å². The Morgan fingerprint density at radius 2 is 2.17 bits per heavy atom. The molecule has 0 aliphatic heterocycles. The number of hydrogen-bond donors (Lipinski definition) is 2. The molecule has 124 valence electrons. The highest BCUT2D eigenvalue weighted by Gasteiger charge is 2.39. The Hall–Kier alpha value is -2.04. The van der Waals surface area contributed by atoms with Crippen molar-refractivity contribution in [1.29, 1.82) is 0 Å². The Morgan fingerprint density at radius 3 is 2.83 bits per heavy atom. The van der Waals surface area contributed by atoms with Gasteiger partial charge in [0.05, 0.1) is 6.20 Å². The molecule has 0 fully saturated rings. The van der Waals surface area contributed by atoms with Crippen LogP contribution in [0.2, 0.25) is 10.0 Å². The summed E-state index contributed by atoms with van der Waals surface area (Å²) >= 11 is 12.5. The van der Waals surface area contributed by atoms with Gasteiger partial charge in [0.15, 0.2) is 0 Å². The number of aromatic carboxylic acids is 1. The van der Waals surface area contributed by atoms with Crippen LogP contribution in [-0.4, -0.2) is 21.3 Å². The number of aromatic amines is 1. The maximum absolute atomic E-state index is 11.6. The van der Waals surface area contributed by atoms with E-state index in [1.165, 1.54) is 0 Å². The van der Waals surface area contributed by atoms with Crippen molar-refractivity contribution in [3.63, 3.8) is 0 Å². The van der Waals surface area contributed by atoms with Crippen molar-refractivity contribution < 1.29 is 9.90 Å². The summed E-state index contributed by atoms with van der Waals surface area (Å²) in [5.74, 6) is -1.05. The number of carboxylic acid groups (broad SMARTS) is 1. The van der Waals surface area contributed by atoms with Gasteiger partial charge in [0.25, 0.3) is 0 Å². The van der Waals surface area contributed by atoms with Gasteiger partial charge in [-0.05, 0) is 30.5 Å². The lowest BCUT2D eigenvalue weighted by Crippen LogP contribution is -2.29. The van der Waals surface area contributed by atoms with Gasteiger partial charge in [-0.25, -0.2) is 4.79 Å². The predicted molar refractivity (Wildman–Crippen MR) is 94.9 cm³/mol. The molecule has 1 aromatic carbocycles. The predicted octanol–water partition coefficient (Wildman–Crippen LogP) is 5.00. The average molecular weight is 363 g/mol. The van der Waals surface area contributed by atoms with Crippen LogP contribution in [0.3, 0.4) is 0 Å². The van der Waals surface area contributed by atoms with E-state index in [9.17, 15) is 9.90 Å². The molecule has 24 heavy (non-hydrogen) atoms. The maximum Gasteiger partial charge on any atom is 0.354 e. The number of H-pyrrole nitrogens is 1. The summed E-state index contributed by atoms with van der Waals surface area (Å²) in [7, 11) is 0. The van der Waals surface area contributed by atoms with Crippen LogP contribution in [-0.2, 0) is 5.41 Å².